The van der Waals surface area contributed by atoms with Gasteiger partial charge in [-0.25, -0.2) is 23.1 Å². The minimum absolute atomic E-state index is 0.0578. The molecular formula is C23H24F2N5O9P. The number of fused-ring (bicyclic) bond motifs is 2. The number of carbonyl (C=O) groups is 1. The van der Waals surface area contributed by atoms with E-state index in [0.717, 1.165) is 18.2 Å². The van der Waals surface area contributed by atoms with Crippen molar-refractivity contribution in [2.24, 2.45) is 0 Å². The van der Waals surface area contributed by atoms with Crippen molar-refractivity contribution < 1.29 is 50.7 Å². The molecule has 0 aliphatic carbocycles. The van der Waals surface area contributed by atoms with Crippen LogP contribution in [0.2, 0.25) is 0 Å². The van der Waals surface area contributed by atoms with E-state index < -0.39 is 62.4 Å². The number of halogens is 2. The van der Waals surface area contributed by atoms with Crippen molar-refractivity contribution >= 4 is 31.1 Å². The minimum atomic E-state index is -4.21. The Balaban J connectivity index is 1.24. The lowest BCUT2D eigenvalue weighted by Gasteiger charge is -2.30. The summed E-state index contributed by atoms with van der Waals surface area (Å²) in [6.45, 7) is 3.21. The minimum Gasteiger partial charge on any atom is -0.476 e. The Morgan fingerprint density at radius 1 is 1.25 bits per heavy atom. The zero-order valence-corrected chi connectivity index (χ0v) is 22.1. The summed E-state index contributed by atoms with van der Waals surface area (Å²) in [6, 6.07) is 2.88. The number of phosphoric acid groups is 1. The Bertz CT molecular complexity index is 1510. The summed E-state index contributed by atoms with van der Waals surface area (Å²) in [7, 11) is -4.21. The molecule has 0 amide bonds. The van der Waals surface area contributed by atoms with Gasteiger partial charge >= 0.3 is 14.0 Å². The number of carbonyl (C=O) groups excluding carboxylic acids is 1. The second-order valence-corrected chi connectivity index (χ2v) is 11.0. The second-order valence-electron chi connectivity index (χ2n) is 9.41. The summed E-state index contributed by atoms with van der Waals surface area (Å²) in [4.78, 5) is 24.8. The molecule has 6 atom stereocenters. The van der Waals surface area contributed by atoms with Gasteiger partial charge in [-0.05, 0) is 31.5 Å². The number of hydrogen-bond acceptors (Lipinski definition) is 13. The molecular weight excluding hydrogens is 559 g/mol. The Labute approximate surface area is 225 Å². The van der Waals surface area contributed by atoms with Crippen LogP contribution in [0.5, 0.6) is 5.88 Å². The van der Waals surface area contributed by atoms with Crippen molar-refractivity contribution in [3.63, 3.8) is 0 Å². The highest BCUT2D eigenvalue weighted by atomic mass is 31.2. The number of nitrogens with two attached hydrogens (primary N) is 1. The average Bonchev–Trinajstić information content (AvgIpc) is 3.51. The van der Waals surface area contributed by atoms with E-state index in [2.05, 4.69) is 15.0 Å². The SMILES string of the molecule is CCOc1nc(N)nc2c1ncn2[C@@H]1O[C@H](CO[P@@]2(=O)OCC[C@@H](c3cc(F)cc(F)c3)O2)[C@H]2OC(=O)O[C@]21C. The summed E-state index contributed by atoms with van der Waals surface area (Å²) in [5.74, 6) is -1.52. The monoisotopic (exact) mass is 583 g/mol. The highest BCUT2D eigenvalue weighted by Gasteiger charge is 2.64. The van der Waals surface area contributed by atoms with Crippen molar-refractivity contribution in [2.75, 3.05) is 25.6 Å². The number of rotatable bonds is 7. The third-order valence-corrected chi connectivity index (χ3v) is 8.18. The molecule has 5 heterocycles. The molecule has 0 radical (unpaired) electrons. The van der Waals surface area contributed by atoms with Gasteiger partial charge in [-0.3, -0.25) is 18.1 Å². The third-order valence-electron chi connectivity index (χ3n) is 6.70. The van der Waals surface area contributed by atoms with Crippen LogP contribution < -0.4 is 10.5 Å². The number of ether oxygens (including phenoxy) is 4. The molecule has 2 aromatic heterocycles. The Morgan fingerprint density at radius 3 is 2.77 bits per heavy atom. The normalized spacial score (nSPS) is 31.6. The van der Waals surface area contributed by atoms with Crippen molar-refractivity contribution in [2.45, 2.75) is 50.4 Å². The fraction of sp³-hybridized carbons (Fsp3) is 0.478. The summed E-state index contributed by atoms with van der Waals surface area (Å²) < 4.78 is 81.2. The molecule has 6 rings (SSSR count). The lowest BCUT2D eigenvalue weighted by Crippen LogP contribution is -2.42. The number of benzene rings is 1. The van der Waals surface area contributed by atoms with E-state index in [1.165, 1.54) is 10.9 Å². The topological polar surface area (TPSA) is 168 Å². The van der Waals surface area contributed by atoms with Gasteiger partial charge in [0.2, 0.25) is 11.8 Å². The first-order chi connectivity index (χ1) is 19.1. The van der Waals surface area contributed by atoms with Crippen molar-refractivity contribution in [3.05, 3.63) is 41.7 Å². The molecule has 0 unspecified atom stereocenters. The van der Waals surface area contributed by atoms with Crippen LogP contribution in [-0.2, 0) is 32.3 Å². The standard InChI is InChI=1S/C23H24F2N5O9P/c1-3-33-19-16-18(28-21(26)29-19)30(10-27-16)20-23(2)17(37-22(31)38-23)15(36-20)9-35-40(32)34-5-4-14(39-40)11-6-12(24)8-13(25)7-11/h6-8,10,14-15,17,20H,3-5,9H2,1-2H3,(H2,26,28,29)/t14-,15+,17+,20+,23+,40+/m0/s1. The third kappa shape index (κ3) is 4.65. The first kappa shape index (κ1) is 26.8. The van der Waals surface area contributed by atoms with Gasteiger partial charge in [-0.1, -0.05) is 0 Å². The van der Waals surface area contributed by atoms with Crippen molar-refractivity contribution in [1.29, 1.82) is 0 Å². The van der Waals surface area contributed by atoms with Gasteiger partial charge in [-0.2, -0.15) is 9.97 Å². The van der Waals surface area contributed by atoms with Crippen LogP contribution in [0.25, 0.3) is 11.2 Å². The number of aromatic nitrogens is 4. The lowest BCUT2D eigenvalue weighted by atomic mass is 9.96. The predicted octanol–water partition coefficient (Wildman–Crippen LogP) is 3.58. The Morgan fingerprint density at radius 2 is 2.02 bits per heavy atom. The summed E-state index contributed by atoms with van der Waals surface area (Å²) in [5.41, 5.74) is 5.19. The molecule has 214 valence electrons. The first-order valence-corrected chi connectivity index (χ1v) is 13.8. The number of anilines is 1. The fourth-order valence-electron chi connectivity index (χ4n) is 5.01. The number of hydrogen-bond donors (Lipinski definition) is 1. The second kappa shape index (κ2) is 9.89. The van der Waals surface area contributed by atoms with E-state index in [-0.39, 0.29) is 36.1 Å². The van der Waals surface area contributed by atoms with Crippen molar-refractivity contribution in [3.8, 4) is 5.88 Å². The van der Waals surface area contributed by atoms with Crippen LogP contribution in [0.15, 0.2) is 24.5 Å². The molecule has 1 aromatic carbocycles. The maximum atomic E-state index is 13.7. The number of phosphoric ester groups is 1. The van der Waals surface area contributed by atoms with Gasteiger partial charge < -0.3 is 24.7 Å². The molecule has 0 saturated carbocycles. The zero-order chi connectivity index (χ0) is 28.2. The molecule has 2 N–H and O–H groups in total. The van der Waals surface area contributed by atoms with Crippen LogP contribution >= 0.6 is 7.82 Å². The molecule has 3 fully saturated rings. The van der Waals surface area contributed by atoms with E-state index in [9.17, 15) is 18.1 Å². The highest BCUT2D eigenvalue weighted by Crippen LogP contribution is 2.58. The number of imidazole rings is 1. The summed E-state index contributed by atoms with van der Waals surface area (Å²) >= 11 is 0. The molecule has 3 aliphatic heterocycles. The summed E-state index contributed by atoms with van der Waals surface area (Å²) in [6.07, 6.45) is -3.32. The van der Waals surface area contributed by atoms with Gasteiger partial charge in [0.05, 0.1) is 32.3 Å². The van der Waals surface area contributed by atoms with Crippen LogP contribution in [-0.4, -0.2) is 63.3 Å². The molecule has 0 spiro atoms. The van der Waals surface area contributed by atoms with E-state index in [1.807, 2.05) is 0 Å². The zero-order valence-electron chi connectivity index (χ0n) is 21.2. The lowest BCUT2D eigenvalue weighted by molar-refractivity contribution is -0.0926. The van der Waals surface area contributed by atoms with E-state index >= 15 is 0 Å². The number of nitrogens with zero attached hydrogens (tertiary/aromatic N) is 4. The van der Waals surface area contributed by atoms with Crippen LogP contribution in [0.4, 0.5) is 19.5 Å². The smallest absolute Gasteiger partial charge is 0.476 e. The molecule has 14 nitrogen and oxygen atoms in total. The van der Waals surface area contributed by atoms with Crippen LogP contribution in [0.3, 0.4) is 0 Å². The maximum absolute atomic E-state index is 13.7. The first-order valence-electron chi connectivity index (χ1n) is 12.3. The van der Waals surface area contributed by atoms with Gasteiger partial charge in [0.1, 0.15) is 17.7 Å². The van der Waals surface area contributed by atoms with E-state index in [4.69, 9.17) is 38.3 Å². The molecule has 17 heteroatoms. The largest absolute Gasteiger partial charge is 0.509 e. The van der Waals surface area contributed by atoms with Gasteiger partial charge in [-0.15, -0.1) is 0 Å². The van der Waals surface area contributed by atoms with Gasteiger partial charge in [0.25, 0.3) is 0 Å². The molecule has 40 heavy (non-hydrogen) atoms. The molecule has 3 aromatic rings. The van der Waals surface area contributed by atoms with E-state index in [0.29, 0.717) is 12.1 Å². The Kier molecular flexibility index (Phi) is 6.62. The fourth-order valence-corrected chi connectivity index (χ4v) is 6.40. The molecule has 3 saturated heterocycles. The van der Waals surface area contributed by atoms with Gasteiger partial charge in [0, 0.05) is 12.5 Å². The maximum Gasteiger partial charge on any atom is 0.509 e. The Hall–Kier alpha value is -3.43. The quantitative estimate of drug-likeness (QED) is 0.317. The highest BCUT2D eigenvalue weighted by molar-refractivity contribution is 7.48. The predicted molar refractivity (Wildman–Crippen MR) is 129 cm³/mol. The molecule has 3 aliphatic rings. The van der Waals surface area contributed by atoms with Crippen LogP contribution in [0.1, 0.15) is 38.2 Å². The average molecular weight is 583 g/mol. The van der Waals surface area contributed by atoms with Crippen LogP contribution in [0, 0.1) is 11.6 Å². The van der Waals surface area contributed by atoms with E-state index in [1.54, 1.807) is 13.8 Å². The number of nitrogen functional groups attached to an aromatic ring is 1. The van der Waals surface area contributed by atoms with Gasteiger partial charge in [0.15, 0.2) is 29.1 Å². The summed E-state index contributed by atoms with van der Waals surface area (Å²) in [5, 5.41) is 0. The van der Waals surface area contributed by atoms with Crippen molar-refractivity contribution in [1.82, 2.24) is 19.5 Å². The molecule has 0 bridgehead atoms.